The molecule has 0 aromatic rings. The summed E-state index contributed by atoms with van der Waals surface area (Å²) in [4.78, 5) is 0. The standard InChI is InChI=1S/C14H28O4Si.C11H22O4Si/c1-4-15-19(16-5-2,17-6-3)14-13(18-14)12-10-8-7-9-11-12;1-12-16(13-2,14-3)11-10(15-11)9-7-5-4-6-8-9/h12-14H,4-11H2,1-3H3;9-11H,4-8H2,1-3H3. The Hall–Kier alpha value is 0.114. The lowest BCUT2D eigenvalue weighted by atomic mass is 9.87. The number of rotatable bonds is 13. The zero-order valence-corrected chi connectivity index (χ0v) is 24.9. The van der Waals surface area contributed by atoms with Gasteiger partial charge in [0.05, 0.1) is 12.2 Å². The molecule has 4 unspecified atom stereocenters. The van der Waals surface area contributed by atoms with Crippen molar-refractivity contribution in [2.45, 2.75) is 109 Å². The Bertz CT molecular complexity index is 571. The van der Waals surface area contributed by atoms with E-state index < -0.39 is 17.6 Å². The van der Waals surface area contributed by atoms with Gasteiger partial charge in [-0.05, 0) is 58.3 Å². The van der Waals surface area contributed by atoms with Crippen molar-refractivity contribution in [2.24, 2.45) is 11.8 Å². The van der Waals surface area contributed by atoms with Crippen LogP contribution in [0.5, 0.6) is 0 Å². The highest BCUT2D eigenvalue weighted by atomic mass is 28.4. The summed E-state index contributed by atoms with van der Waals surface area (Å²) >= 11 is 0. The van der Waals surface area contributed by atoms with Gasteiger partial charge in [0, 0.05) is 41.2 Å². The number of hydrogen-bond donors (Lipinski definition) is 0. The van der Waals surface area contributed by atoms with Gasteiger partial charge in [-0.3, -0.25) is 0 Å². The first-order chi connectivity index (χ1) is 17.0. The van der Waals surface area contributed by atoms with E-state index in [1.165, 1.54) is 64.2 Å². The first-order valence-corrected chi connectivity index (χ1v) is 17.5. The van der Waals surface area contributed by atoms with Crippen molar-refractivity contribution >= 4 is 17.6 Å². The minimum absolute atomic E-state index is 0.0654. The smallest absolute Gasteiger partial charge is 0.375 e. The minimum Gasteiger partial charge on any atom is -0.375 e. The maximum atomic E-state index is 5.97. The first kappa shape index (κ1) is 29.7. The van der Waals surface area contributed by atoms with E-state index >= 15 is 0 Å². The lowest BCUT2D eigenvalue weighted by Crippen LogP contribution is -2.53. The molecule has 4 fully saturated rings. The SMILES string of the molecule is CCO[Si](OCC)(OCC)C1OC1C1CCCCC1.CO[Si](OC)(OC)C1OC1C1CCCCC1. The summed E-state index contributed by atoms with van der Waals surface area (Å²) < 4.78 is 45.9. The second-order valence-corrected chi connectivity index (χ2v) is 15.6. The molecule has 2 saturated carbocycles. The van der Waals surface area contributed by atoms with Crippen LogP contribution in [0.25, 0.3) is 0 Å². The van der Waals surface area contributed by atoms with E-state index in [2.05, 4.69) is 0 Å². The molecule has 206 valence electrons. The molecule has 0 aromatic carbocycles. The van der Waals surface area contributed by atoms with Gasteiger partial charge in [0.2, 0.25) is 0 Å². The average molecular weight is 535 g/mol. The molecule has 0 N–H and O–H groups in total. The molecule has 0 radical (unpaired) electrons. The molecule has 0 bridgehead atoms. The van der Waals surface area contributed by atoms with Crippen molar-refractivity contribution in [1.82, 2.24) is 0 Å². The lowest BCUT2D eigenvalue weighted by Gasteiger charge is -2.28. The minimum atomic E-state index is -2.63. The van der Waals surface area contributed by atoms with Gasteiger partial charge >= 0.3 is 17.6 Å². The summed E-state index contributed by atoms with van der Waals surface area (Å²) in [5, 5.41) is 0. The van der Waals surface area contributed by atoms with E-state index in [4.69, 9.17) is 36.0 Å². The Morgan fingerprint density at radius 2 is 0.886 bits per heavy atom. The van der Waals surface area contributed by atoms with Gasteiger partial charge in [0.1, 0.15) is 0 Å². The van der Waals surface area contributed by atoms with Crippen LogP contribution in [0.2, 0.25) is 0 Å². The fourth-order valence-corrected chi connectivity index (χ4v) is 11.2. The molecule has 0 amide bonds. The summed E-state index contributed by atoms with van der Waals surface area (Å²) in [6, 6.07) is 0. The van der Waals surface area contributed by atoms with Crippen LogP contribution in [-0.2, 0) is 36.0 Å². The summed E-state index contributed by atoms with van der Waals surface area (Å²) in [7, 11) is -0.229. The van der Waals surface area contributed by atoms with Crippen molar-refractivity contribution in [3.8, 4) is 0 Å². The maximum Gasteiger partial charge on any atom is 0.534 e. The van der Waals surface area contributed by atoms with Crippen LogP contribution in [0.4, 0.5) is 0 Å². The largest absolute Gasteiger partial charge is 0.534 e. The fourth-order valence-electron chi connectivity index (χ4n) is 6.03. The van der Waals surface area contributed by atoms with Gasteiger partial charge in [0.25, 0.3) is 0 Å². The molecule has 8 nitrogen and oxygen atoms in total. The monoisotopic (exact) mass is 534 g/mol. The van der Waals surface area contributed by atoms with Gasteiger partial charge < -0.3 is 36.0 Å². The highest BCUT2D eigenvalue weighted by molar-refractivity contribution is 6.63. The van der Waals surface area contributed by atoms with Crippen molar-refractivity contribution in [1.29, 1.82) is 0 Å². The Morgan fingerprint density at radius 3 is 1.20 bits per heavy atom. The second-order valence-electron chi connectivity index (χ2n) is 9.96. The van der Waals surface area contributed by atoms with Crippen LogP contribution in [0.15, 0.2) is 0 Å². The van der Waals surface area contributed by atoms with Crippen molar-refractivity contribution < 1.29 is 36.0 Å². The van der Waals surface area contributed by atoms with Crippen LogP contribution in [0, 0.1) is 11.8 Å². The summed E-state index contributed by atoms with van der Waals surface area (Å²) in [6.07, 6.45) is 13.8. The normalized spacial score (nSPS) is 30.0. The highest BCUT2D eigenvalue weighted by Crippen LogP contribution is 2.44. The third-order valence-electron chi connectivity index (χ3n) is 7.87. The quantitative estimate of drug-likeness (QED) is 0.249. The lowest BCUT2D eigenvalue weighted by molar-refractivity contribution is 0.0609. The molecule has 4 aliphatic rings. The van der Waals surface area contributed by atoms with Crippen LogP contribution in [-0.4, -0.2) is 82.4 Å². The second kappa shape index (κ2) is 14.3. The van der Waals surface area contributed by atoms with Crippen molar-refractivity contribution in [3.63, 3.8) is 0 Å². The zero-order valence-electron chi connectivity index (χ0n) is 22.9. The van der Waals surface area contributed by atoms with Crippen molar-refractivity contribution in [2.75, 3.05) is 41.2 Å². The predicted octanol–water partition coefficient (Wildman–Crippen LogP) is 4.67. The van der Waals surface area contributed by atoms with E-state index in [0.717, 1.165) is 0 Å². The van der Waals surface area contributed by atoms with Gasteiger partial charge in [-0.1, -0.05) is 38.5 Å². The topological polar surface area (TPSA) is 80.4 Å². The molecule has 2 aliphatic carbocycles. The van der Waals surface area contributed by atoms with Crippen LogP contribution < -0.4 is 0 Å². The Labute approximate surface area is 215 Å². The molecule has 4 atom stereocenters. The molecule has 4 rings (SSSR count). The summed E-state index contributed by atoms with van der Waals surface area (Å²) in [6.45, 7) is 7.88. The van der Waals surface area contributed by atoms with Crippen molar-refractivity contribution in [3.05, 3.63) is 0 Å². The van der Waals surface area contributed by atoms with E-state index in [-0.39, 0.29) is 11.5 Å². The molecule has 0 spiro atoms. The fraction of sp³-hybridized carbons (Fsp3) is 1.00. The molecule has 0 aromatic heterocycles. The Morgan fingerprint density at radius 1 is 0.543 bits per heavy atom. The first-order valence-electron chi connectivity index (χ1n) is 13.9. The van der Waals surface area contributed by atoms with E-state index in [0.29, 0.717) is 43.9 Å². The molecule has 10 heteroatoms. The summed E-state index contributed by atoms with van der Waals surface area (Å²) in [5.74, 6) is 1.37. The summed E-state index contributed by atoms with van der Waals surface area (Å²) in [5.41, 5.74) is 0.144. The van der Waals surface area contributed by atoms with Crippen LogP contribution >= 0.6 is 0 Å². The van der Waals surface area contributed by atoms with Crippen LogP contribution in [0.3, 0.4) is 0 Å². The number of epoxide rings is 2. The third-order valence-corrected chi connectivity index (χ3v) is 14.0. The Kier molecular flexibility index (Phi) is 12.1. The van der Waals surface area contributed by atoms with E-state index in [1.807, 2.05) is 20.8 Å². The van der Waals surface area contributed by atoms with Gasteiger partial charge in [-0.2, -0.15) is 0 Å². The van der Waals surface area contributed by atoms with E-state index in [9.17, 15) is 0 Å². The zero-order chi connectivity index (χ0) is 25.3. The van der Waals surface area contributed by atoms with Gasteiger partial charge in [-0.25, -0.2) is 0 Å². The maximum absolute atomic E-state index is 5.97. The Balaban J connectivity index is 0.000000198. The molecule has 35 heavy (non-hydrogen) atoms. The molecule has 2 aliphatic heterocycles. The third kappa shape index (κ3) is 7.37. The average Bonchev–Trinajstić information content (AvgIpc) is 3.82. The van der Waals surface area contributed by atoms with E-state index in [1.54, 1.807) is 21.3 Å². The molecular formula is C25H50O8Si2. The predicted molar refractivity (Wildman–Crippen MR) is 138 cm³/mol. The van der Waals surface area contributed by atoms with Gasteiger partial charge in [-0.15, -0.1) is 0 Å². The molecular weight excluding hydrogens is 484 g/mol. The van der Waals surface area contributed by atoms with Gasteiger partial charge in [0.15, 0.2) is 11.5 Å². The molecule has 2 heterocycles. The highest BCUT2D eigenvalue weighted by Gasteiger charge is 2.65. The number of ether oxygens (including phenoxy) is 2. The van der Waals surface area contributed by atoms with Crippen LogP contribution in [0.1, 0.15) is 85.0 Å². The number of hydrogen-bond acceptors (Lipinski definition) is 8. The molecule has 2 saturated heterocycles.